The Bertz CT molecular complexity index is 455. The van der Waals surface area contributed by atoms with Crippen molar-refractivity contribution < 1.29 is 4.79 Å². The second kappa shape index (κ2) is 2.88. The van der Waals surface area contributed by atoms with Crippen LogP contribution in [0.15, 0.2) is 17.6 Å². The molecule has 0 saturated heterocycles. The quantitative estimate of drug-likeness (QED) is 0.778. The molecule has 68 valence electrons. The molecule has 1 amide bonds. The van der Waals surface area contributed by atoms with Crippen LogP contribution in [0.25, 0.3) is 10.2 Å². The second-order valence-electron chi connectivity index (χ2n) is 2.83. The fourth-order valence-corrected chi connectivity index (χ4v) is 2.40. The first kappa shape index (κ1) is 8.31. The Hall–Kier alpha value is -1.29. The highest BCUT2D eigenvalue weighted by Gasteiger charge is 2.12. The summed E-state index contributed by atoms with van der Waals surface area (Å²) in [6.45, 7) is 2.91. The van der Waals surface area contributed by atoms with E-state index in [1.54, 1.807) is 11.3 Å². The molecule has 4 heteroatoms. The number of primary amides is 1. The molecular formula is C9H10N2OS. The van der Waals surface area contributed by atoms with E-state index in [4.69, 9.17) is 5.73 Å². The van der Waals surface area contributed by atoms with Crippen LogP contribution in [0.4, 0.5) is 0 Å². The predicted molar refractivity (Wildman–Crippen MR) is 54.0 cm³/mol. The molecule has 0 radical (unpaired) electrons. The summed E-state index contributed by atoms with van der Waals surface area (Å²) in [5.74, 6) is -0.351. The van der Waals surface area contributed by atoms with E-state index in [0.29, 0.717) is 5.56 Å². The monoisotopic (exact) mass is 194 g/mol. The van der Waals surface area contributed by atoms with Gasteiger partial charge in [-0.3, -0.25) is 4.79 Å². The van der Waals surface area contributed by atoms with Crippen LogP contribution in [0, 0.1) is 0 Å². The fourth-order valence-electron chi connectivity index (χ4n) is 1.44. The van der Waals surface area contributed by atoms with Crippen molar-refractivity contribution >= 4 is 27.5 Å². The number of thiophene rings is 1. The standard InChI is InChI=1S/C9H10N2OS/c1-2-11-5-7(8(10)12)6-3-4-13-9(6)11/h3-5H,2H2,1H3,(H2,10,12). The molecule has 0 aliphatic carbocycles. The van der Waals surface area contributed by atoms with Gasteiger partial charge in [-0.1, -0.05) is 0 Å². The van der Waals surface area contributed by atoms with E-state index in [1.165, 1.54) is 0 Å². The van der Waals surface area contributed by atoms with Crippen LogP contribution in [-0.2, 0) is 6.54 Å². The fraction of sp³-hybridized carbons (Fsp3) is 0.222. The highest BCUT2D eigenvalue weighted by molar-refractivity contribution is 7.16. The maximum absolute atomic E-state index is 11.1. The van der Waals surface area contributed by atoms with Crippen molar-refractivity contribution in [2.45, 2.75) is 13.5 Å². The summed E-state index contributed by atoms with van der Waals surface area (Å²) in [6, 6.07) is 1.94. The van der Waals surface area contributed by atoms with Crippen LogP contribution in [0.2, 0.25) is 0 Å². The number of hydrogen-bond donors (Lipinski definition) is 1. The van der Waals surface area contributed by atoms with E-state index in [0.717, 1.165) is 16.8 Å². The van der Waals surface area contributed by atoms with Gasteiger partial charge in [-0.2, -0.15) is 0 Å². The number of nitrogens with two attached hydrogens (primary N) is 1. The molecule has 0 fully saturated rings. The number of aromatic nitrogens is 1. The van der Waals surface area contributed by atoms with Crippen molar-refractivity contribution in [3.63, 3.8) is 0 Å². The summed E-state index contributed by atoms with van der Waals surface area (Å²) in [4.78, 5) is 12.2. The lowest BCUT2D eigenvalue weighted by Crippen LogP contribution is -2.10. The molecule has 0 aliphatic rings. The molecule has 2 aromatic rings. The van der Waals surface area contributed by atoms with Gasteiger partial charge >= 0.3 is 0 Å². The summed E-state index contributed by atoms with van der Waals surface area (Å²) in [7, 11) is 0. The van der Waals surface area contributed by atoms with Gasteiger partial charge in [-0.25, -0.2) is 0 Å². The Kier molecular flexibility index (Phi) is 1.84. The molecule has 2 rings (SSSR count). The summed E-state index contributed by atoms with van der Waals surface area (Å²) < 4.78 is 2.04. The molecule has 0 spiro atoms. The number of rotatable bonds is 2. The van der Waals surface area contributed by atoms with Crippen LogP contribution in [0.5, 0.6) is 0 Å². The number of amides is 1. The van der Waals surface area contributed by atoms with Crippen LogP contribution in [0.3, 0.4) is 0 Å². The van der Waals surface area contributed by atoms with Gasteiger partial charge in [-0.15, -0.1) is 11.3 Å². The minimum Gasteiger partial charge on any atom is -0.366 e. The Balaban J connectivity index is 2.75. The van der Waals surface area contributed by atoms with Gasteiger partial charge in [-0.05, 0) is 18.4 Å². The topological polar surface area (TPSA) is 48.0 Å². The van der Waals surface area contributed by atoms with E-state index < -0.39 is 0 Å². The van der Waals surface area contributed by atoms with Crippen molar-refractivity contribution in [3.05, 3.63) is 23.2 Å². The number of fused-ring (bicyclic) bond motifs is 1. The van der Waals surface area contributed by atoms with E-state index in [-0.39, 0.29) is 5.91 Å². The van der Waals surface area contributed by atoms with Gasteiger partial charge in [0.25, 0.3) is 5.91 Å². The van der Waals surface area contributed by atoms with Crippen molar-refractivity contribution in [1.82, 2.24) is 4.57 Å². The van der Waals surface area contributed by atoms with Gasteiger partial charge in [0, 0.05) is 18.1 Å². The molecule has 2 aromatic heterocycles. The zero-order valence-corrected chi connectivity index (χ0v) is 8.10. The van der Waals surface area contributed by atoms with E-state index >= 15 is 0 Å². The highest BCUT2D eigenvalue weighted by Crippen LogP contribution is 2.26. The molecule has 0 aliphatic heterocycles. The molecule has 3 nitrogen and oxygen atoms in total. The van der Waals surface area contributed by atoms with Crippen LogP contribution >= 0.6 is 11.3 Å². The summed E-state index contributed by atoms with van der Waals surface area (Å²) in [5.41, 5.74) is 5.88. The van der Waals surface area contributed by atoms with Crippen LogP contribution in [-0.4, -0.2) is 10.5 Å². The lowest BCUT2D eigenvalue weighted by Gasteiger charge is -1.94. The normalized spacial score (nSPS) is 10.8. The lowest BCUT2D eigenvalue weighted by molar-refractivity contribution is 0.100. The largest absolute Gasteiger partial charge is 0.366 e. The number of aryl methyl sites for hydroxylation is 1. The van der Waals surface area contributed by atoms with Crippen LogP contribution < -0.4 is 5.73 Å². The molecule has 0 unspecified atom stereocenters. The molecule has 13 heavy (non-hydrogen) atoms. The van der Waals surface area contributed by atoms with E-state index in [9.17, 15) is 4.79 Å². The SMILES string of the molecule is CCn1cc(C(N)=O)c2ccsc21. The summed E-state index contributed by atoms with van der Waals surface area (Å²) >= 11 is 1.63. The Morgan fingerprint density at radius 1 is 1.69 bits per heavy atom. The third-order valence-corrected chi connectivity index (χ3v) is 3.04. The average molecular weight is 194 g/mol. The first-order valence-electron chi connectivity index (χ1n) is 4.10. The van der Waals surface area contributed by atoms with Gasteiger partial charge in [0.05, 0.1) is 5.56 Å². The van der Waals surface area contributed by atoms with E-state index in [1.807, 2.05) is 29.1 Å². The molecule has 0 atom stereocenters. The molecule has 2 N–H and O–H groups in total. The van der Waals surface area contributed by atoms with Gasteiger partial charge in [0.1, 0.15) is 4.83 Å². The van der Waals surface area contributed by atoms with E-state index in [2.05, 4.69) is 0 Å². The van der Waals surface area contributed by atoms with Gasteiger partial charge in [0.2, 0.25) is 0 Å². The number of nitrogens with zero attached hydrogens (tertiary/aromatic N) is 1. The molecule has 0 aromatic carbocycles. The summed E-state index contributed by atoms with van der Waals surface area (Å²) in [5, 5.41) is 2.95. The molecule has 2 heterocycles. The van der Waals surface area contributed by atoms with Crippen molar-refractivity contribution in [2.75, 3.05) is 0 Å². The first-order valence-corrected chi connectivity index (χ1v) is 4.98. The van der Waals surface area contributed by atoms with Crippen molar-refractivity contribution in [2.24, 2.45) is 5.73 Å². The maximum Gasteiger partial charge on any atom is 0.250 e. The predicted octanol–water partition coefficient (Wildman–Crippen LogP) is 1.82. The zero-order valence-electron chi connectivity index (χ0n) is 7.28. The molecular weight excluding hydrogens is 184 g/mol. The Morgan fingerprint density at radius 2 is 2.46 bits per heavy atom. The smallest absolute Gasteiger partial charge is 0.250 e. The third-order valence-electron chi connectivity index (χ3n) is 2.09. The molecule has 0 saturated carbocycles. The van der Waals surface area contributed by atoms with Crippen LogP contribution in [0.1, 0.15) is 17.3 Å². The number of hydrogen-bond acceptors (Lipinski definition) is 2. The molecule has 0 bridgehead atoms. The Morgan fingerprint density at radius 3 is 3.08 bits per heavy atom. The number of carbonyl (C=O) groups excluding carboxylic acids is 1. The summed E-state index contributed by atoms with van der Waals surface area (Å²) in [6.07, 6.45) is 1.82. The van der Waals surface area contributed by atoms with Crippen molar-refractivity contribution in [1.29, 1.82) is 0 Å². The Labute approximate surface area is 79.8 Å². The lowest BCUT2D eigenvalue weighted by atomic mass is 10.2. The van der Waals surface area contributed by atoms with Crippen molar-refractivity contribution in [3.8, 4) is 0 Å². The minimum absolute atomic E-state index is 0.351. The number of carbonyl (C=O) groups is 1. The third kappa shape index (κ3) is 1.14. The average Bonchev–Trinajstić information content (AvgIpc) is 2.61. The first-order chi connectivity index (χ1) is 6.24. The maximum atomic E-state index is 11.1. The second-order valence-corrected chi connectivity index (χ2v) is 3.73. The van der Waals surface area contributed by atoms with Gasteiger partial charge in [0.15, 0.2) is 0 Å². The van der Waals surface area contributed by atoms with Gasteiger partial charge < -0.3 is 10.3 Å². The zero-order chi connectivity index (χ0) is 9.42. The highest BCUT2D eigenvalue weighted by atomic mass is 32.1. The minimum atomic E-state index is -0.351.